The van der Waals surface area contributed by atoms with E-state index in [-0.39, 0.29) is 37.5 Å². The number of pyridine rings is 1. The average molecular weight is 928 g/mol. The number of anilines is 1. The third kappa shape index (κ3) is 10.1. The van der Waals surface area contributed by atoms with Gasteiger partial charge < -0.3 is 43.5 Å². The highest BCUT2D eigenvalue weighted by Gasteiger charge is 2.42. The zero-order valence-electron chi connectivity index (χ0n) is 40.2. The van der Waals surface area contributed by atoms with Crippen LogP contribution in [-0.4, -0.2) is 145 Å². The number of likely N-dealkylation sites (N-methyl/N-ethyl adjacent to an activating group) is 1. The summed E-state index contributed by atoms with van der Waals surface area (Å²) in [6.07, 6.45) is 3.33. The molecule has 0 saturated carbocycles. The molecule has 66 heavy (non-hydrogen) atoms. The number of fused-ring (bicyclic) bond motifs is 6. The Kier molecular flexibility index (Phi) is 14.7. The van der Waals surface area contributed by atoms with Crippen molar-refractivity contribution in [2.75, 3.05) is 78.1 Å². The van der Waals surface area contributed by atoms with Crippen molar-refractivity contribution in [2.24, 2.45) is 5.41 Å². The number of hydrogen-bond donors (Lipinski definition) is 2. The van der Waals surface area contributed by atoms with E-state index >= 15 is 0 Å². The summed E-state index contributed by atoms with van der Waals surface area (Å²) < 4.78 is 27.2. The van der Waals surface area contributed by atoms with Crippen molar-refractivity contribution in [3.8, 4) is 22.5 Å². The molecule has 0 unspecified atom stereocenters. The Hall–Kier alpha value is -4.65. The number of thiazole rings is 1. The minimum atomic E-state index is -1.12. The fraction of sp³-hybridized carbons (Fsp3) is 0.612. The second-order valence-corrected chi connectivity index (χ2v) is 20.3. The first-order chi connectivity index (χ1) is 31.7. The lowest BCUT2D eigenvalue weighted by Crippen LogP contribution is -2.63. The van der Waals surface area contributed by atoms with Crippen LogP contribution in [0.3, 0.4) is 0 Å². The number of hydrogen-bond acceptors (Lipinski definition) is 13. The minimum absolute atomic E-state index is 0.0462. The molecule has 4 aliphatic rings. The number of nitrogens with zero attached hydrogens (tertiary/aromatic N) is 7. The van der Waals surface area contributed by atoms with Crippen LogP contribution in [0.2, 0.25) is 0 Å². The van der Waals surface area contributed by atoms with Gasteiger partial charge in [-0.05, 0) is 91.1 Å². The number of rotatable bonds is 11. The molecule has 3 fully saturated rings. The van der Waals surface area contributed by atoms with Crippen molar-refractivity contribution in [1.82, 2.24) is 40.1 Å². The van der Waals surface area contributed by atoms with Crippen molar-refractivity contribution in [1.29, 1.82) is 0 Å². The largest absolute Gasteiger partial charge is 0.464 e. The molecule has 8 rings (SSSR count). The molecule has 17 heteroatoms. The van der Waals surface area contributed by atoms with Crippen molar-refractivity contribution in [3.63, 3.8) is 0 Å². The van der Waals surface area contributed by atoms with E-state index in [0.29, 0.717) is 50.5 Å². The van der Waals surface area contributed by atoms with Gasteiger partial charge in [0.25, 0.3) is 5.91 Å². The van der Waals surface area contributed by atoms with Crippen molar-refractivity contribution < 1.29 is 33.3 Å². The molecule has 1 aromatic carbocycles. The lowest BCUT2D eigenvalue weighted by atomic mass is 9.84. The Labute approximate surface area is 393 Å². The van der Waals surface area contributed by atoms with Gasteiger partial charge in [0.05, 0.1) is 54.4 Å². The van der Waals surface area contributed by atoms with Crippen LogP contribution in [0.15, 0.2) is 35.8 Å². The molecule has 5 atom stereocenters. The van der Waals surface area contributed by atoms with E-state index < -0.39 is 35.5 Å². The second-order valence-electron chi connectivity index (χ2n) is 19.4. The number of aromatic nitrogens is 3. The first kappa shape index (κ1) is 47.8. The van der Waals surface area contributed by atoms with Crippen LogP contribution in [0.4, 0.5) is 10.5 Å². The molecule has 7 heterocycles. The monoisotopic (exact) mass is 928 g/mol. The fourth-order valence-corrected chi connectivity index (χ4v) is 10.4. The Morgan fingerprint density at radius 1 is 1.08 bits per heavy atom. The number of urea groups is 1. The summed E-state index contributed by atoms with van der Waals surface area (Å²) in [5, 5.41) is 8.10. The molecule has 2 N–H and O–H groups in total. The average Bonchev–Trinajstić information content (AvgIpc) is 3.90. The number of carbonyl (C=O) groups excluding carboxylic acids is 3. The summed E-state index contributed by atoms with van der Waals surface area (Å²) in [4.78, 5) is 59.3. The maximum Gasteiger partial charge on any atom is 0.324 e. The fourth-order valence-electron chi connectivity index (χ4n) is 9.53. The third-order valence-electron chi connectivity index (χ3n) is 13.5. The van der Waals surface area contributed by atoms with E-state index in [1.165, 1.54) is 16.3 Å². The van der Waals surface area contributed by atoms with Crippen LogP contribution in [0.25, 0.3) is 33.4 Å². The number of esters is 1. The first-order valence-corrected chi connectivity index (χ1v) is 24.7. The number of piperazine rings is 1. The van der Waals surface area contributed by atoms with Gasteiger partial charge in [0, 0.05) is 98.4 Å². The molecule has 0 spiro atoms. The van der Waals surface area contributed by atoms with Gasteiger partial charge in [0.15, 0.2) is 0 Å². The number of amides is 3. The number of ether oxygens (including phenoxy) is 4. The molecule has 4 aromatic rings. The van der Waals surface area contributed by atoms with Gasteiger partial charge in [0.2, 0.25) is 0 Å². The maximum atomic E-state index is 14.7. The van der Waals surface area contributed by atoms with Crippen LogP contribution >= 0.6 is 11.3 Å². The smallest absolute Gasteiger partial charge is 0.324 e. The highest BCUT2D eigenvalue weighted by molar-refractivity contribution is 7.10. The molecule has 16 nitrogen and oxygen atoms in total. The zero-order chi connectivity index (χ0) is 46.9. The maximum absolute atomic E-state index is 14.7. The second kappa shape index (κ2) is 20.3. The molecular formula is C49H69N9O7S. The van der Waals surface area contributed by atoms with E-state index in [9.17, 15) is 14.4 Å². The van der Waals surface area contributed by atoms with Crippen LogP contribution in [-0.2, 0) is 41.5 Å². The number of hydrazine groups is 1. The normalized spacial score (nSPS) is 23.5. The van der Waals surface area contributed by atoms with Gasteiger partial charge in [0.1, 0.15) is 23.2 Å². The van der Waals surface area contributed by atoms with Gasteiger partial charge in [-0.15, -0.1) is 11.3 Å². The highest BCUT2D eigenvalue weighted by Crippen LogP contribution is 2.43. The predicted octanol–water partition coefficient (Wildman–Crippen LogP) is 6.58. The molecule has 358 valence electrons. The predicted molar refractivity (Wildman–Crippen MR) is 256 cm³/mol. The summed E-state index contributed by atoms with van der Waals surface area (Å²) in [6.45, 7) is 20.4. The van der Waals surface area contributed by atoms with Crippen LogP contribution in [0.1, 0.15) is 96.2 Å². The minimum Gasteiger partial charge on any atom is -0.464 e. The first-order valence-electron chi connectivity index (χ1n) is 23.8. The van der Waals surface area contributed by atoms with Gasteiger partial charge in [-0.25, -0.2) is 15.2 Å². The molecule has 3 saturated heterocycles. The number of carbonyl (C=O) groups is 3. The molecule has 0 aliphatic carbocycles. The molecular weight excluding hydrogens is 859 g/mol. The summed E-state index contributed by atoms with van der Waals surface area (Å²) in [5.74, 6) is -0.834. The summed E-state index contributed by atoms with van der Waals surface area (Å²) in [6, 6.07) is 6.59. The molecule has 6 bridgehead atoms. The summed E-state index contributed by atoms with van der Waals surface area (Å²) in [7, 11) is 3.88. The van der Waals surface area contributed by atoms with E-state index in [1.54, 1.807) is 12.0 Å². The molecule has 0 radical (unpaired) electrons. The summed E-state index contributed by atoms with van der Waals surface area (Å²) >= 11 is 1.40. The van der Waals surface area contributed by atoms with Gasteiger partial charge in [-0.1, -0.05) is 19.9 Å². The van der Waals surface area contributed by atoms with E-state index in [0.717, 1.165) is 83.0 Å². The number of nitrogens with one attached hydrogen (secondary N) is 2. The Bertz CT molecular complexity index is 2380. The van der Waals surface area contributed by atoms with E-state index in [2.05, 4.69) is 84.1 Å². The molecule has 4 aliphatic heterocycles. The zero-order valence-corrected chi connectivity index (χ0v) is 41.0. The molecule has 3 aromatic heterocycles. The summed E-state index contributed by atoms with van der Waals surface area (Å²) in [5.41, 5.74) is 10.3. The topological polar surface area (TPSA) is 156 Å². The number of methoxy groups -OCH3 is 1. The number of likely N-dealkylation sites (tertiary alicyclic amines) is 1. The Morgan fingerprint density at radius 2 is 1.86 bits per heavy atom. The Balaban J connectivity index is 1.32. The Morgan fingerprint density at radius 3 is 2.56 bits per heavy atom. The highest BCUT2D eigenvalue weighted by atomic mass is 32.1. The van der Waals surface area contributed by atoms with Crippen LogP contribution in [0.5, 0.6) is 0 Å². The quantitative estimate of drug-likeness (QED) is 0.156. The van der Waals surface area contributed by atoms with Crippen molar-refractivity contribution in [2.45, 2.75) is 117 Å². The van der Waals surface area contributed by atoms with Crippen molar-refractivity contribution >= 4 is 45.8 Å². The van der Waals surface area contributed by atoms with Gasteiger partial charge >= 0.3 is 12.0 Å². The number of benzene rings is 1. The number of cyclic esters (lactones) is 1. The van der Waals surface area contributed by atoms with Gasteiger partial charge in [-0.2, -0.15) is 0 Å². The van der Waals surface area contributed by atoms with E-state index in [1.807, 2.05) is 32.3 Å². The van der Waals surface area contributed by atoms with E-state index in [4.69, 9.17) is 28.9 Å². The standard InChI is InChI=1S/C49H69N9O7S/c1-10-63-44-42(52-48(61)56-17-15-31(56)4)46(59)58-16-11-12-38(53-58)47(60)65-29-49(6,7)26-37-35-24-33(39-28-66-45(44)51-39)13-14-40(35)57(22-23-64-30(2)3)43(37)36-25-34(27-50-41(36)32(5)62-9)55-20-18-54(8)19-21-55/h13-14,24-25,27-28,30-32,38,42,44,53H,10-12,15-23,26,29H2,1-9H3,(H,52,61)/t31-,32+,38+,42+,44+/m1/s1. The lowest BCUT2D eigenvalue weighted by molar-refractivity contribution is -0.156. The van der Waals surface area contributed by atoms with Crippen LogP contribution in [0, 0.1) is 5.41 Å². The molecule has 3 amide bonds. The third-order valence-corrected chi connectivity index (χ3v) is 14.4. The van der Waals surface area contributed by atoms with Gasteiger partial charge in [-0.3, -0.25) is 19.6 Å². The van der Waals surface area contributed by atoms with Crippen molar-refractivity contribution in [3.05, 3.63) is 52.1 Å². The van der Waals surface area contributed by atoms with Crippen LogP contribution < -0.4 is 15.6 Å². The lowest BCUT2D eigenvalue weighted by Gasteiger charge is -2.41. The SMILES string of the molecule is CCO[C@@H]1c2nc(cs2)-c2ccc3c(c2)c(c(-c2cc(N4CCN(C)CC4)cnc2[C@H](C)OC)n3CCOC(C)C)CC(C)(C)COC(=O)[C@@H]2CCCN(N2)C(=O)[C@H]1NC(=O)N1CC[C@H]1C.